The summed E-state index contributed by atoms with van der Waals surface area (Å²) in [5.74, 6) is 0.939. The first-order valence-electron chi connectivity index (χ1n) is 4.76. The van der Waals surface area contributed by atoms with Gasteiger partial charge in [0.25, 0.3) is 0 Å². The van der Waals surface area contributed by atoms with Crippen LogP contribution in [0.2, 0.25) is 5.22 Å². The van der Waals surface area contributed by atoms with E-state index in [1.54, 1.807) is 6.07 Å². The van der Waals surface area contributed by atoms with E-state index in [1.807, 2.05) is 6.07 Å². The molecule has 0 bridgehead atoms. The highest BCUT2D eigenvalue weighted by Gasteiger charge is 2.12. The van der Waals surface area contributed by atoms with Crippen LogP contribution in [0.25, 0.3) is 0 Å². The Hall–Kier alpha value is -0.470. The lowest BCUT2D eigenvalue weighted by Crippen LogP contribution is -2.20. The molecule has 0 radical (unpaired) electrons. The Kier molecular flexibility index (Phi) is 4.33. The van der Waals surface area contributed by atoms with Gasteiger partial charge in [0.1, 0.15) is 5.76 Å². The van der Waals surface area contributed by atoms with Crippen molar-refractivity contribution in [2.45, 2.75) is 32.7 Å². The molecular formula is C10H16ClNO. The number of nitrogens with one attached hydrogen (secondary N) is 1. The van der Waals surface area contributed by atoms with Crippen molar-refractivity contribution in [1.82, 2.24) is 5.32 Å². The molecule has 0 fully saturated rings. The number of furan rings is 1. The first-order chi connectivity index (χ1) is 6.27. The molecule has 0 aliphatic carbocycles. The summed E-state index contributed by atoms with van der Waals surface area (Å²) in [7, 11) is 0. The van der Waals surface area contributed by atoms with Gasteiger partial charge in [0, 0.05) is 0 Å². The molecule has 1 aromatic rings. The van der Waals surface area contributed by atoms with Gasteiger partial charge in [-0.25, -0.2) is 0 Å². The van der Waals surface area contributed by atoms with Crippen LogP contribution >= 0.6 is 11.6 Å². The van der Waals surface area contributed by atoms with Gasteiger partial charge in [0.05, 0.1) is 6.04 Å². The van der Waals surface area contributed by atoms with Crippen LogP contribution in [0.3, 0.4) is 0 Å². The Morgan fingerprint density at radius 1 is 1.46 bits per heavy atom. The molecule has 0 aliphatic rings. The Morgan fingerprint density at radius 2 is 2.23 bits per heavy atom. The number of hydrogen-bond donors (Lipinski definition) is 1. The molecule has 1 N–H and O–H groups in total. The zero-order chi connectivity index (χ0) is 9.68. The van der Waals surface area contributed by atoms with Crippen LogP contribution in [0.4, 0.5) is 0 Å². The van der Waals surface area contributed by atoms with E-state index in [1.165, 1.54) is 0 Å². The summed E-state index contributed by atoms with van der Waals surface area (Å²) in [5.41, 5.74) is 0. The normalized spacial score (nSPS) is 13.2. The highest BCUT2D eigenvalue weighted by molar-refractivity contribution is 6.28. The van der Waals surface area contributed by atoms with Crippen molar-refractivity contribution in [2.75, 3.05) is 6.54 Å². The standard InChI is InChI=1S/C10H16ClNO/c1-3-5-8(12-4-2)9-6-7-10(11)13-9/h6-8,12H,3-5H2,1-2H3. The second kappa shape index (κ2) is 5.30. The maximum absolute atomic E-state index is 5.71. The minimum atomic E-state index is 0.308. The summed E-state index contributed by atoms with van der Waals surface area (Å²) < 4.78 is 5.35. The van der Waals surface area contributed by atoms with Crippen molar-refractivity contribution in [3.63, 3.8) is 0 Å². The van der Waals surface area contributed by atoms with Gasteiger partial charge in [0.15, 0.2) is 5.22 Å². The lowest BCUT2D eigenvalue weighted by atomic mass is 10.1. The van der Waals surface area contributed by atoms with Crippen molar-refractivity contribution < 1.29 is 4.42 Å². The van der Waals surface area contributed by atoms with E-state index in [0.29, 0.717) is 11.3 Å². The third-order valence-corrected chi connectivity index (χ3v) is 2.17. The summed E-state index contributed by atoms with van der Waals surface area (Å²) in [6.45, 7) is 5.20. The Morgan fingerprint density at radius 3 is 2.69 bits per heavy atom. The topological polar surface area (TPSA) is 25.2 Å². The molecule has 1 aromatic heterocycles. The quantitative estimate of drug-likeness (QED) is 0.790. The number of halogens is 1. The number of rotatable bonds is 5. The van der Waals surface area contributed by atoms with Gasteiger partial charge in [-0.2, -0.15) is 0 Å². The molecule has 13 heavy (non-hydrogen) atoms. The summed E-state index contributed by atoms with van der Waals surface area (Å²) >= 11 is 5.71. The maximum Gasteiger partial charge on any atom is 0.193 e. The zero-order valence-electron chi connectivity index (χ0n) is 8.14. The van der Waals surface area contributed by atoms with E-state index in [-0.39, 0.29) is 0 Å². The van der Waals surface area contributed by atoms with Crippen molar-refractivity contribution >= 4 is 11.6 Å². The lowest BCUT2D eigenvalue weighted by Gasteiger charge is -2.13. The molecule has 0 spiro atoms. The Labute approximate surface area is 84.3 Å². The van der Waals surface area contributed by atoms with Crippen LogP contribution in [-0.2, 0) is 0 Å². The molecule has 1 rings (SSSR count). The molecule has 0 aliphatic heterocycles. The predicted octanol–water partition coefficient (Wildman–Crippen LogP) is 3.38. The summed E-state index contributed by atoms with van der Waals surface area (Å²) in [6.07, 6.45) is 2.22. The molecular weight excluding hydrogens is 186 g/mol. The molecule has 0 saturated heterocycles. The molecule has 1 atom stereocenters. The van der Waals surface area contributed by atoms with Gasteiger partial charge >= 0.3 is 0 Å². The predicted molar refractivity (Wildman–Crippen MR) is 55.0 cm³/mol. The SMILES string of the molecule is CCCC(NCC)c1ccc(Cl)o1. The Bertz CT molecular complexity index is 241. The third-order valence-electron chi connectivity index (χ3n) is 1.97. The summed E-state index contributed by atoms with van der Waals surface area (Å²) in [6, 6.07) is 4.03. The largest absolute Gasteiger partial charge is 0.448 e. The first kappa shape index (κ1) is 10.6. The van der Waals surface area contributed by atoms with Crippen LogP contribution in [0.1, 0.15) is 38.5 Å². The average Bonchev–Trinajstić information content (AvgIpc) is 2.51. The van der Waals surface area contributed by atoms with E-state index in [4.69, 9.17) is 16.0 Å². The monoisotopic (exact) mass is 201 g/mol. The molecule has 1 unspecified atom stereocenters. The molecule has 0 amide bonds. The second-order valence-corrected chi connectivity index (χ2v) is 3.41. The first-order valence-corrected chi connectivity index (χ1v) is 5.14. The second-order valence-electron chi connectivity index (χ2n) is 3.04. The lowest BCUT2D eigenvalue weighted by molar-refractivity contribution is 0.400. The minimum absolute atomic E-state index is 0.308. The van der Waals surface area contributed by atoms with E-state index in [2.05, 4.69) is 19.2 Å². The van der Waals surface area contributed by atoms with Crippen LogP contribution < -0.4 is 5.32 Å². The molecule has 2 nitrogen and oxygen atoms in total. The van der Waals surface area contributed by atoms with Gasteiger partial charge in [-0.05, 0) is 36.7 Å². The van der Waals surface area contributed by atoms with Crippen molar-refractivity contribution in [2.24, 2.45) is 0 Å². The molecule has 1 heterocycles. The fourth-order valence-electron chi connectivity index (χ4n) is 1.40. The van der Waals surface area contributed by atoms with Gasteiger partial charge < -0.3 is 9.73 Å². The van der Waals surface area contributed by atoms with Crippen LogP contribution in [0.15, 0.2) is 16.5 Å². The van der Waals surface area contributed by atoms with Crippen molar-refractivity contribution in [3.05, 3.63) is 23.1 Å². The highest BCUT2D eigenvalue weighted by Crippen LogP contribution is 2.23. The van der Waals surface area contributed by atoms with Gasteiger partial charge in [-0.1, -0.05) is 20.3 Å². The minimum Gasteiger partial charge on any atom is -0.448 e. The smallest absolute Gasteiger partial charge is 0.193 e. The van der Waals surface area contributed by atoms with Gasteiger partial charge in [-0.15, -0.1) is 0 Å². The van der Waals surface area contributed by atoms with E-state index >= 15 is 0 Å². The third kappa shape index (κ3) is 3.05. The van der Waals surface area contributed by atoms with Crippen molar-refractivity contribution in [3.8, 4) is 0 Å². The fourth-order valence-corrected chi connectivity index (χ4v) is 1.55. The molecule has 0 aromatic carbocycles. The average molecular weight is 202 g/mol. The highest BCUT2D eigenvalue weighted by atomic mass is 35.5. The maximum atomic E-state index is 5.71. The summed E-state index contributed by atoms with van der Waals surface area (Å²) in [4.78, 5) is 0. The van der Waals surface area contributed by atoms with Crippen LogP contribution in [0.5, 0.6) is 0 Å². The number of hydrogen-bond acceptors (Lipinski definition) is 2. The molecule has 0 saturated carbocycles. The Balaban J connectivity index is 2.63. The zero-order valence-corrected chi connectivity index (χ0v) is 8.90. The fraction of sp³-hybridized carbons (Fsp3) is 0.600. The van der Waals surface area contributed by atoms with Crippen LogP contribution in [0, 0.1) is 0 Å². The van der Waals surface area contributed by atoms with Gasteiger partial charge in [-0.3, -0.25) is 0 Å². The van der Waals surface area contributed by atoms with Gasteiger partial charge in [0.2, 0.25) is 0 Å². The molecule has 3 heteroatoms. The molecule has 74 valence electrons. The van der Waals surface area contributed by atoms with Crippen molar-refractivity contribution in [1.29, 1.82) is 0 Å². The summed E-state index contributed by atoms with van der Waals surface area (Å²) in [5, 5.41) is 3.83. The van der Waals surface area contributed by atoms with E-state index in [9.17, 15) is 0 Å². The van der Waals surface area contributed by atoms with Crippen LogP contribution in [-0.4, -0.2) is 6.54 Å². The van der Waals surface area contributed by atoms with E-state index < -0.39 is 0 Å². The van der Waals surface area contributed by atoms with E-state index in [0.717, 1.165) is 25.1 Å².